The number of halogens is 3. The van der Waals surface area contributed by atoms with Gasteiger partial charge >= 0.3 is 0 Å². The van der Waals surface area contributed by atoms with Gasteiger partial charge < -0.3 is 14.8 Å². The first kappa shape index (κ1) is 23.6. The van der Waals surface area contributed by atoms with Gasteiger partial charge in [0.15, 0.2) is 0 Å². The van der Waals surface area contributed by atoms with Gasteiger partial charge in [0.1, 0.15) is 22.2 Å². The Morgan fingerprint density at radius 3 is 2.41 bits per heavy atom. The second-order valence-corrected chi connectivity index (χ2v) is 11.6. The number of nitrogens with zero attached hydrogens (tertiary/aromatic N) is 1. The number of anilines is 1. The molecule has 0 radical (unpaired) electrons. The molecule has 184 valence electrons. The van der Waals surface area contributed by atoms with Crippen LogP contribution in [-0.2, 0) is 10.0 Å². The molecular formula is C23H26ClF2N3O4S. The average molecular weight is 514 g/mol. The topological polar surface area (TPSA) is 89.5 Å². The summed E-state index contributed by atoms with van der Waals surface area (Å²) >= 11 is 6.31. The first-order valence-electron chi connectivity index (χ1n) is 11.0. The molecule has 1 unspecified atom stereocenters. The number of hydrogen-bond donors (Lipinski definition) is 2. The summed E-state index contributed by atoms with van der Waals surface area (Å²) in [5.41, 5.74) is -1.03. The van der Waals surface area contributed by atoms with Crippen molar-refractivity contribution in [3.63, 3.8) is 0 Å². The molecule has 0 bridgehead atoms. The predicted octanol–water partition coefficient (Wildman–Crippen LogP) is 4.78. The summed E-state index contributed by atoms with van der Waals surface area (Å²) in [6, 6.07) is 5.63. The minimum absolute atomic E-state index is 0.104. The molecule has 3 saturated carbocycles. The SMILES string of the molecule is COc1ccc(OC)c(C(C)NS(=O)(=O)c2cnc(NC3CC4(C3)C(F)(F)C43CC3)c(Cl)c2)c1. The van der Waals surface area contributed by atoms with Crippen LogP contribution in [0, 0.1) is 10.8 Å². The maximum absolute atomic E-state index is 14.2. The van der Waals surface area contributed by atoms with Crippen molar-refractivity contribution in [3.05, 3.63) is 41.0 Å². The quantitative estimate of drug-likeness (QED) is 0.528. The Morgan fingerprint density at radius 2 is 1.85 bits per heavy atom. The summed E-state index contributed by atoms with van der Waals surface area (Å²) in [5.74, 6) is -1.20. The first-order chi connectivity index (χ1) is 16.0. The number of nitrogens with one attached hydrogen (secondary N) is 2. The number of rotatable bonds is 8. The van der Waals surface area contributed by atoms with E-state index < -0.39 is 32.8 Å². The highest BCUT2D eigenvalue weighted by molar-refractivity contribution is 7.89. The number of alkyl halides is 2. The molecule has 2 spiro atoms. The Hall–Kier alpha value is -2.17. The summed E-state index contributed by atoms with van der Waals surface area (Å²) in [6.07, 6.45) is 3.16. The molecule has 7 nitrogen and oxygen atoms in total. The van der Waals surface area contributed by atoms with Crippen molar-refractivity contribution in [2.45, 2.75) is 55.5 Å². The smallest absolute Gasteiger partial charge is 0.260 e. The van der Waals surface area contributed by atoms with Gasteiger partial charge in [0.25, 0.3) is 5.92 Å². The van der Waals surface area contributed by atoms with E-state index in [9.17, 15) is 17.2 Å². The Morgan fingerprint density at radius 1 is 1.15 bits per heavy atom. The normalized spacial score (nSPS) is 26.6. The summed E-state index contributed by atoms with van der Waals surface area (Å²) in [5, 5.41) is 3.21. The Balaban J connectivity index is 1.27. The lowest BCUT2D eigenvalue weighted by molar-refractivity contribution is 0.0223. The molecule has 0 aliphatic heterocycles. The molecule has 3 aliphatic carbocycles. The van der Waals surface area contributed by atoms with Gasteiger partial charge in [-0.2, -0.15) is 0 Å². The zero-order valence-electron chi connectivity index (χ0n) is 19.0. The van der Waals surface area contributed by atoms with Gasteiger partial charge in [-0.1, -0.05) is 11.6 Å². The van der Waals surface area contributed by atoms with Crippen molar-refractivity contribution < 1.29 is 26.7 Å². The zero-order chi connectivity index (χ0) is 24.5. The largest absolute Gasteiger partial charge is 0.497 e. The van der Waals surface area contributed by atoms with E-state index in [0.29, 0.717) is 42.7 Å². The monoisotopic (exact) mass is 513 g/mol. The van der Waals surface area contributed by atoms with E-state index in [1.165, 1.54) is 26.5 Å². The third-order valence-corrected chi connectivity index (χ3v) is 9.49. The molecule has 1 aromatic heterocycles. The van der Waals surface area contributed by atoms with E-state index in [4.69, 9.17) is 21.1 Å². The molecule has 11 heteroatoms. The van der Waals surface area contributed by atoms with Crippen molar-refractivity contribution in [2.75, 3.05) is 19.5 Å². The van der Waals surface area contributed by atoms with E-state index in [1.807, 2.05) is 0 Å². The Labute approximate surface area is 202 Å². The van der Waals surface area contributed by atoms with Crippen molar-refractivity contribution in [1.29, 1.82) is 0 Å². The molecule has 1 heterocycles. The zero-order valence-corrected chi connectivity index (χ0v) is 20.6. The van der Waals surface area contributed by atoms with Crippen LogP contribution >= 0.6 is 11.6 Å². The highest BCUT2D eigenvalue weighted by atomic mass is 35.5. The molecule has 3 fully saturated rings. The van der Waals surface area contributed by atoms with Gasteiger partial charge in [0.2, 0.25) is 10.0 Å². The number of hydrogen-bond acceptors (Lipinski definition) is 6. The lowest BCUT2D eigenvalue weighted by Crippen LogP contribution is -2.41. The van der Waals surface area contributed by atoms with E-state index in [-0.39, 0.29) is 21.8 Å². The van der Waals surface area contributed by atoms with Crippen LogP contribution in [0.5, 0.6) is 11.5 Å². The fraction of sp³-hybridized carbons (Fsp3) is 0.522. The van der Waals surface area contributed by atoms with E-state index >= 15 is 0 Å². The van der Waals surface area contributed by atoms with Crippen LogP contribution in [0.25, 0.3) is 0 Å². The van der Waals surface area contributed by atoms with Gasteiger partial charge in [-0.15, -0.1) is 0 Å². The van der Waals surface area contributed by atoms with Gasteiger partial charge in [-0.05, 0) is 56.9 Å². The van der Waals surface area contributed by atoms with Crippen molar-refractivity contribution in [1.82, 2.24) is 9.71 Å². The average Bonchev–Trinajstić information content (AvgIpc) is 3.64. The fourth-order valence-electron chi connectivity index (χ4n) is 5.60. The Kier molecular flexibility index (Phi) is 5.31. The van der Waals surface area contributed by atoms with Gasteiger partial charge in [0.05, 0.1) is 19.2 Å². The highest BCUT2D eigenvalue weighted by Crippen LogP contribution is 2.92. The molecule has 1 aromatic carbocycles. The van der Waals surface area contributed by atoms with Crippen molar-refractivity contribution in [2.24, 2.45) is 10.8 Å². The Bertz CT molecular complexity index is 1240. The highest BCUT2D eigenvalue weighted by Gasteiger charge is 2.97. The molecule has 2 N–H and O–H groups in total. The third-order valence-electron chi connectivity index (χ3n) is 7.70. The van der Waals surface area contributed by atoms with Crippen molar-refractivity contribution in [3.8, 4) is 11.5 Å². The minimum Gasteiger partial charge on any atom is -0.497 e. The maximum atomic E-state index is 14.2. The molecule has 3 aliphatic rings. The molecule has 5 rings (SSSR count). The number of ether oxygens (including phenoxy) is 2. The van der Waals surface area contributed by atoms with E-state index in [1.54, 1.807) is 25.1 Å². The molecular weight excluding hydrogens is 488 g/mol. The van der Waals surface area contributed by atoms with Crippen LogP contribution in [0.1, 0.15) is 44.2 Å². The lowest BCUT2D eigenvalue weighted by Gasteiger charge is -2.37. The summed E-state index contributed by atoms with van der Waals surface area (Å²) in [6.45, 7) is 1.69. The summed E-state index contributed by atoms with van der Waals surface area (Å²) < 4.78 is 67.6. The fourth-order valence-corrected chi connectivity index (χ4v) is 7.08. The predicted molar refractivity (Wildman–Crippen MR) is 123 cm³/mol. The van der Waals surface area contributed by atoms with Crippen LogP contribution in [0.4, 0.5) is 14.6 Å². The van der Waals surface area contributed by atoms with Gasteiger partial charge in [-0.3, -0.25) is 0 Å². The van der Waals surface area contributed by atoms with Crippen LogP contribution in [0.15, 0.2) is 35.4 Å². The summed E-state index contributed by atoms with van der Waals surface area (Å²) in [4.78, 5) is 4.07. The number of aromatic nitrogens is 1. The third kappa shape index (κ3) is 3.29. The number of sulfonamides is 1. The second kappa shape index (κ2) is 7.66. The standard InChI is InChI=1S/C23H26ClF2N3O4S/c1-13(17-8-15(32-2)4-5-19(17)33-3)29-34(30,31)16-9-18(24)20(27-12-16)28-14-10-22(11-14)21(6-7-21)23(22,25)26/h4-5,8-9,12-14,29H,6-7,10-11H2,1-3H3,(H,27,28). The minimum atomic E-state index is -3.96. The molecule has 0 amide bonds. The number of methoxy groups -OCH3 is 2. The number of fused-ring (bicyclic) bond motifs is 1. The number of pyridine rings is 1. The van der Waals surface area contributed by atoms with Crippen LogP contribution < -0.4 is 19.5 Å². The maximum Gasteiger partial charge on any atom is 0.260 e. The summed E-state index contributed by atoms with van der Waals surface area (Å²) in [7, 11) is -0.941. The van der Waals surface area contributed by atoms with Gasteiger partial charge in [-0.25, -0.2) is 26.9 Å². The second-order valence-electron chi connectivity index (χ2n) is 9.44. The van der Waals surface area contributed by atoms with Gasteiger partial charge in [0, 0.05) is 34.7 Å². The van der Waals surface area contributed by atoms with E-state index in [2.05, 4.69) is 15.0 Å². The molecule has 2 aromatic rings. The van der Waals surface area contributed by atoms with Crippen LogP contribution in [0.3, 0.4) is 0 Å². The lowest BCUT2D eigenvalue weighted by atomic mass is 9.74. The van der Waals surface area contributed by atoms with Crippen LogP contribution in [0.2, 0.25) is 5.02 Å². The van der Waals surface area contributed by atoms with Crippen molar-refractivity contribution >= 4 is 27.4 Å². The first-order valence-corrected chi connectivity index (χ1v) is 12.9. The number of benzene rings is 1. The van der Waals surface area contributed by atoms with E-state index in [0.717, 1.165) is 0 Å². The molecule has 0 saturated heterocycles. The molecule has 34 heavy (non-hydrogen) atoms. The molecule has 1 atom stereocenters. The van der Waals surface area contributed by atoms with Crippen LogP contribution in [-0.4, -0.2) is 39.6 Å².